The van der Waals surface area contributed by atoms with Crippen molar-refractivity contribution in [1.82, 2.24) is 4.98 Å². The summed E-state index contributed by atoms with van der Waals surface area (Å²) < 4.78 is 2.66. The Bertz CT molecular complexity index is 1700. The van der Waals surface area contributed by atoms with Crippen LogP contribution in [0.2, 0.25) is 0 Å². The number of benzene rings is 4. The molecule has 6 aromatic rings. The number of nitrogens with one attached hydrogen (secondary N) is 1. The summed E-state index contributed by atoms with van der Waals surface area (Å²) in [5.41, 5.74) is 10.7. The van der Waals surface area contributed by atoms with Crippen LogP contribution in [0.15, 0.2) is 97.2 Å². The van der Waals surface area contributed by atoms with Gasteiger partial charge in [0.15, 0.2) is 0 Å². The van der Waals surface area contributed by atoms with E-state index in [-0.39, 0.29) is 0 Å². The van der Waals surface area contributed by atoms with E-state index in [4.69, 9.17) is 0 Å². The molecule has 1 aliphatic heterocycles. The number of nitrogens with zero attached hydrogens (tertiary/aromatic N) is 1. The number of thiophene rings is 1. The molecule has 2 nitrogen and oxygen atoms in total. The second-order valence-electron chi connectivity index (χ2n) is 8.54. The average molecular weight is 441 g/mol. The first kappa shape index (κ1) is 18.6. The van der Waals surface area contributed by atoms with E-state index in [1.54, 1.807) is 0 Å². The lowest BCUT2D eigenvalue weighted by Crippen LogP contribution is -2.02. The molecule has 2 aromatic heterocycles. The molecule has 0 fully saturated rings. The number of fused-ring (bicyclic) bond motifs is 10. The van der Waals surface area contributed by atoms with E-state index in [0.29, 0.717) is 0 Å². The lowest BCUT2D eigenvalue weighted by atomic mass is 9.87. The Hall–Kier alpha value is -3.95. The molecular formula is C30H20N2S. The number of hydrogen-bond acceptors (Lipinski definition) is 3. The number of rotatable bonds is 1. The smallest absolute Gasteiger partial charge is 0.0702 e. The van der Waals surface area contributed by atoms with Gasteiger partial charge in [0.25, 0.3) is 0 Å². The molecule has 7 rings (SSSR count). The van der Waals surface area contributed by atoms with Crippen molar-refractivity contribution in [2.24, 2.45) is 0 Å². The van der Waals surface area contributed by atoms with E-state index < -0.39 is 0 Å². The third-order valence-electron chi connectivity index (χ3n) is 6.69. The summed E-state index contributed by atoms with van der Waals surface area (Å²) in [5, 5.41) is 6.46. The van der Waals surface area contributed by atoms with Crippen molar-refractivity contribution in [2.45, 2.75) is 6.92 Å². The highest BCUT2D eigenvalue weighted by molar-refractivity contribution is 7.26. The van der Waals surface area contributed by atoms with Crippen LogP contribution in [0.5, 0.6) is 0 Å². The standard InChI is InChI=1S/C30H20N2S/c1-18-20-8-6-9-21(18)29-26(14-15-28-30(29)22-7-2-3-11-27(22)33-28)32-25-13-12-19(17-23(20)25)24-10-4-5-16-31-24/h2-17,32H,1H3. The molecule has 0 aliphatic carbocycles. The fraction of sp³-hybridized carbons (Fsp3) is 0.0333. The Morgan fingerprint density at radius 3 is 2.45 bits per heavy atom. The number of anilines is 2. The fourth-order valence-corrected chi connectivity index (χ4v) is 6.23. The van der Waals surface area contributed by atoms with Crippen molar-refractivity contribution in [1.29, 1.82) is 0 Å². The summed E-state index contributed by atoms with van der Waals surface area (Å²) in [6, 6.07) is 32.6. The maximum absolute atomic E-state index is 4.57. The highest BCUT2D eigenvalue weighted by Crippen LogP contribution is 2.49. The van der Waals surface area contributed by atoms with Crippen LogP contribution in [0.1, 0.15) is 5.56 Å². The molecule has 0 unspecified atom stereocenters. The molecule has 0 spiro atoms. The van der Waals surface area contributed by atoms with Gasteiger partial charge in [-0.25, -0.2) is 0 Å². The molecule has 0 radical (unpaired) electrons. The fourth-order valence-electron chi connectivity index (χ4n) is 5.11. The molecule has 2 bridgehead atoms. The SMILES string of the molecule is Cc1c2cccc1-c1c(ccc3sc4ccccc4c13)Nc1ccc(-c3ccccn3)cc1-2. The third kappa shape index (κ3) is 2.76. The van der Waals surface area contributed by atoms with Gasteiger partial charge in [0.05, 0.1) is 5.69 Å². The van der Waals surface area contributed by atoms with Crippen LogP contribution in [-0.2, 0) is 0 Å². The zero-order chi connectivity index (χ0) is 21.9. The minimum atomic E-state index is 0.989. The second-order valence-corrected chi connectivity index (χ2v) is 9.62. The van der Waals surface area contributed by atoms with Crippen molar-refractivity contribution >= 4 is 42.9 Å². The Balaban J connectivity index is 1.55. The van der Waals surface area contributed by atoms with E-state index in [9.17, 15) is 0 Å². The van der Waals surface area contributed by atoms with Gasteiger partial charge in [-0.15, -0.1) is 11.3 Å². The lowest BCUT2D eigenvalue weighted by Gasteiger charge is -2.24. The third-order valence-corrected chi connectivity index (χ3v) is 7.82. The summed E-state index contributed by atoms with van der Waals surface area (Å²) in [4.78, 5) is 4.57. The van der Waals surface area contributed by atoms with E-state index in [1.807, 2.05) is 29.7 Å². The maximum Gasteiger partial charge on any atom is 0.0702 e. The molecule has 0 saturated carbocycles. The minimum absolute atomic E-state index is 0.989. The predicted molar refractivity (Wildman–Crippen MR) is 141 cm³/mol. The van der Waals surface area contributed by atoms with Gasteiger partial charge in [-0.05, 0) is 66.1 Å². The monoisotopic (exact) mass is 440 g/mol. The summed E-state index contributed by atoms with van der Waals surface area (Å²) in [7, 11) is 0. The average Bonchev–Trinajstić information content (AvgIpc) is 3.24. The summed E-state index contributed by atoms with van der Waals surface area (Å²) >= 11 is 1.87. The molecule has 4 aromatic carbocycles. The second kappa shape index (κ2) is 7.03. The highest BCUT2D eigenvalue weighted by Gasteiger charge is 2.22. The van der Waals surface area contributed by atoms with Gasteiger partial charge in [-0.2, -0.15) is 0 Å². The van der Waals surface area contributed by atoms with Crippen LogP contribution in [0.25, 0.3) is 53.7 Å². The Morgan fingerprint density at radius 2 is 1.55 bits per heavy atom. The first-order valence-electron chi connectivity index (χ1n) is 11.1. The largest absolute Gasteiger partial charge is 0.354 e. The highest BCUT2D eigenvalue weighted by atomic mass is 32.1. The van der Waals surface area contributed by atoms with Gasteiger partial charge in [-0.3, -0.25) is 4.98 Å². The Labute approximate surface area is 196 Å². The van der Waals surface area contributed by atoms with Gasteiger partial charge in [0.1, 0.15) is 0 Å². The molecule has 3 heterocycles. The lowest BCUT2D eigenvalue weighted by molar-refractivity contribution is 1.32. The molecule has 0 saturated heterocycles. The quantitative estimate of drug-likeness (QED) is 0.276. The first-order chi connectivity index (χ1) is 16.3. The van der Waals surface area contributed by atoms with Crippen molar-refractivity contribution in [3.63, 3.8) is 0 Å². The molecule has 1 aliphatic rings. The molecule has 1 N–H and O–H groups in total. The van der Waals surface area contributed by atoms with E-state index >= 15 is 0 Å². The van der Waals surface area contributed by atoms with Gasteiger partial charge >= 0.3 is 0 Å². The number of pyridine rings is 1. The van der Waals surface area contributed by atoms with Gasteiger partial charge in [0.2, 0.25) is 0 Å². The molecule has 156 valence electrons. The first-order valence-corrected chi connectivity index (χ1v) is 12.0. The molecule has 3 heteroatoms. The van der Waals surface area contributed by atoms with E-state index in [0.717, 1.165) is 22.6 Å². The van der Waals surface area contributed by atoms with Crippen molar-refractivity contribution in [3.05, 3.63) is 103 Å². The summed E-state index contributed by atoms with van der Waals surface area (Å²) in [6.07, 6.45) is 1.85. The zero-order valence-corrected chi connectivity index (χ0v) is 18.9. The Kier molecular flexibility index (Phi) is 3.96. The van der Waals surface area contributed by atoms with Gasteiger partial charge < -0.3 is 5.32 Å². The summed E-state index contributed by atoms with van der Waals surface area (Å²) in [5.74, 6) is 0. The van der Waals surface area contributed by atoms with Crippen LogP contribution in [-0.4, -0.2) is 4.98 Å². The Morgan fingerprint density at radius 1 is 0.697 bits per heavy atom. The maximum atomic E-state index is 4.57. The van der Waals surface area contributed by atoms with Crippen molar-refractivity contribution < 1.29 is 0 Å². The van der Waals surface area contributed by atoms with Crippen LogP contribution >= 0.6 is 11.3 Å². The van der Waals surface area contributed by atoms with Crippen molar-refractivity contribution in [3.8, 4) is 33.5 Å². The van der Waals surface area contributed by atoms with E-state index in [1.165, 1.54) is 48.0 Å². The summed E-state index contributed by atoms with van der Waals surface area (Å²) in [6.45, 7) is 2.25. The molecule has 33 heavy (non-hydrogen) atoms. The number of aromatic nitrogens is 1. The van der Waals surface area contributed by atoms with Crippen LogP contribution in [0.4, 0.5) is 11.4 Å². The van der Waals surface area contributed by atoms with Crippen molar-refractivity contribution in [2.75, 3.05) is 5.32 Å². The van der Waals surface area contributed by atoms with Crippen LogP contribution in [0.3, 0.4) is 0 Å². The van der Waals surface area contributed by atoms with Crippen LogP contribution in [0, 0.1) is 6.92 Å². The van der Waals surface area contributed by atoms with Gasteiger partial charge in [-0.1, -0.05) is 48.5 Å². The molecular weight excluding hydrogens is 420 g/mol. The molecule has 0 atom stereocenters. The van der Waals surface area contributed by atoms with Crippen LogP contribution < -0.4 is 5.32 Å². The van der Waals surface area contributed by atoms with E-state index in [2.05, 4.69) is 96.1 Å². The normalized spacial score (nSPS) is 12.0. The topological polar surface area (TPSA) is 24.9 Å². The predicted octanol–water partition coefficient (Wildman–Crippen LogP) is 8.82. The zero-order valence-electron chi connectivity index (χ0n) is 18.1. The number of hydrogen-bond donors (Lipinski definition) is 1. The van der Waals surface area contributed by atoms with Gasteiger partial charge in [0, 0.05) is 54.4 Å². The molecule has 0 amide bonds. The minimum Gasteiger partial charge on any atom is -0.354 e.